The topological polar surface area (TPSA) is 50.8 Å². The highest BCUT2D eigenvalue weighted by atomic mass is 16.5. The molecule has 4 nitrogen and oxygen atoms in total. The Balaban J connectivity index is 2.79. The van der Waals surface area contributed by atoms with Crippen molar-refractivity contribution in [1.29, 1.82) is 0 Å². The van der Waals surface area contributed by atoms with Crippen LogP contribution in [0.3, 0.4) is 0 Å². The van der Waals surface area contributed by atoms with Gasteiger partial charge in [0.15, 0.2) is 5.65 Å². The van der Waals surface area contributed by atoms with Crippen molar-refractivity contribution in [3.05, 3.63) is 25.7 Å². The lowest BCUT2D eigenvalue weighted by Gasteiger charge is -1.97. The standard InChI is InChI=1S/C7H6N3O/c1-11-5-2-3-8-7-6(5)9-4-10-7/h2-4H,1H2,(H,8,9,10). The van der Waals surface area contributed by atoms with Crippen molar-refractivity contribution in [2.75, 3.05) is 0 Å². The summed E-state index contributed by atoms with van der Waals surface area (Å²) in [7, 11) is 3.31. The molecular weight excluding hydrogens is 142 g/mol. The van der Waals surface area contributed by atoms with Crippen molar-refractivity contribution in [3.63, 3.8) is 0 Å². The molecule has 2 rings (SSSR count). The van der Waals surface area contributed by atoms with E-state index in [2.05, 4.69) is 22.1 Å². The van der Waals surface area contributed by atoms with Crippen LogP contribution in [0.1, 0.15) is 0 Å². The number of aromatic nitrogens is 3. The van der Waals surface area contributed by atoms with Crippen molar-refractivity contribution >= 4 is 11.2 Å². The lowest BCUT2D eigenvalue weighted by atomic mass is 10.4. The number of rotatable bonds is 1. The van der Waals surface area contributed by atoms with E-state index in [9.17, 15) is 0 Å². The van der Waals surface area contributed by atoms with Gasteiger partial charge in [-0.1, -0.05) is 0 Å². The molecule has 2 aromatic heterocycles. The van der Waals surface area contributed by atoms with E-state index in [0.29, 0.717) is 11.4 Å². The Kier molecular flexibility index (Phi) is 1.25. The number of fused-ring (bicyclic) bond motifs is 1. The molecule has 0 saturated carbocycles. The van der Waals surface area contributed by atoms with Gasteiger partial charge in [0.1, 0.15) is 18.4 Å². The summed E-state index contributed by atoms with van der Waals surface area (Å²) in [5, 5.41) is 0. The molecule has 0 atom stereocenters. The van der Waals surface area contributed by atoms with E-state index >= 15 is 0 Å². The van der Waals surface area contributed by atoms with Crippen LogP contribution in [0.4, 0.5) is 0 Å². The lowest BCUT2D eigenvalue weighted by molar-refractivity contribution is 0.477. The summed E-state index contributed by atoms with van der Waals surface area (Å²) in [6.45, 7) is 0. The number of nitrogens with one attached hydrogen (secondary N) is 1. The molecule has 0 saturated heterocycles. The summed E-state index contributed by atoms with van der Waals surface area (Å²) in [5.74, 6) is 0.660. The van der Waals surface area contributed by atoms with Crippen molar-refractivity contribution in [2.45, 2.75) is 0 Å². The first-order valence-corrected chi connectivity index (χ1v) is 3.12. The van der Waals surface area contributed by atoms with Crippen LogP contribution in [0.15, 0.2) is 18.6 Å². The smallest absolute Gasteiger partial charge is 0.181 e. The Morgan fingerprint density at radius 2 is 2.36 bits per heavy atom. The first kappa shape index (κ1) is 6.15. The fraction of sp³-hybridized carbons (Fsp3) is 0. The van der Waals surface area contributed by atoms with Gasteiger partial charge in [0.25, 0.3) is 0 Å². The zero-order valence-corrected chi connectivity index (χ0v) is 5.74. The molecule has 4 heteroatoms. The van der Waals surface area contributed by atoms with Crippen molar-refractivity contribution in [3.8, 4) is 5.75 Å². The van der Waals surface area contributed by atoms with E-state index in [-0.39, 0.29) is 0 Å². The third-order valence-electron chi connectivity index (χ3n) is 1.44. The van der Waals surface area contributed by atoms with Gasteiger partial charge in [-0.05, 0) is 0 Å². The van der Waals surface area contributed by atoms with E-state index in [4.69, 9.17) is 4.74 Å². The molecule has 0 aliphatic rings. The largest absolute Gasteiger partial charge is 0.488 e. The fourth-order valence-corrected chi connectivity index (χ4v) is 0.945. The second-order valence-corrected chi connectivity index (χ2v) is 2.05. The monoisotopic (exact) mass is 148 g/mol. The lowest BCUT2D eigenvalue weighted by Crippen LogP contribution is -1.82. The number of aromatic amines is 1. The van der Waals surface area contributed by atoms with Crippen LogP contribution in [0.5, 0.6) is 5.75 Å². The Bertz CT molecular complexity index is 368. The maximum absolute atomic E-state index is 4.82. The van der Waals surface area contributed by atoms with Crippen molar-refractivity contribution in [2.24, 2.45) is 0 Å². The molecule has 11 heavy (non-hydrogen) atoms. The van der Waals surface area contributed by atoms with E-state index in [1.165, 1.54) is 0 Å². The molecule has 0 fully saturated rings. The van der Waals surface area contributed by atoms with E-state index in [1.54, 1.807) is 18.6 Å². The molecule has 0 aliphatic heterocycles. The molecule has 0 amide bonds. The third-order valence-corrected chi connectivity index (χ3v) is 1.44. The summed E-state index contributed by atoms with van der Waals surface area (Å²) in [5.41, 5.74) is 1.42. The summed E-state index contributed by atoms with van der Waals surface area (Å²) in [6.07, 6.45) is 3.20. The predicted octanol–water partition coefficient (Wildman–Crippen LogP) is 1.13. The number of nitrogens with zero attached hydrogens (tertiary/aromatic N) is 2. The highest BCUT2D eigenvalue weighted by Gasteiger charge is 2.01. The van der Waals surface area contributed by atoms with Crippen LogP contribution < -0.4 is 4.74 Å². The number of hydrogen-bond donors (Lipinski definition) is 1. The van der Waals surface area contributed by atoms with Gasteiger partial charge < -0.3 is 9.72 Å². The van der Waals surface area contributed by atoms with Gasteiger partial charge in [0, 0.05) is 12.3 Å². The number of ether oxygens (including phenoxy) is 1. The first-order chi connectivity index (χ1) is 5.42. The third kappa shape index (κ3) is 0.832. The van der Waals surface area contributed by atoms with Crippen LogP contribution >= 0.6 is 0 Å². The second kappa shape index (κ2) is 2.23. The van der Waals surface area contributed by atoms with Crippen LogP contribution in [-0.2, 0) is 0 Å². The normalized spacial score (nSPS) is 10.3. The van der Waals surface area contributed by atoms with Gasteiger partial charge in [-0.15, -0.1) is 0 Å². The number of hydrogen-bond acceptors (Lipinski definition) is 3. The number of imidazole rings is 1. The molecule has 0 bridgehead atoms. The van der Waals surface area contributed by atoms with Crippen LogP contribution in [0.2, 0.25) is 0 Å². The highest BCUT2D eigenvalue weighted by Crippen LogP contribution is 2.19. The van der Waals surface area contributed by atoms with Crippen LogP contribution in [-0.4, -0.2) is 15.0 Å². The summed E-state index contributed by atoms with van der Waals surface area (Å²) >= 11 is 0. The van der Waals surface area contributed by atoms with Gasteiger partial charge in [0.2, 0.25) is 0 Å². The minimum absolute atomic E-state index is 0.645. The highest BCUT2D eigenvalue weighted by molar-refractivity contribution is 5.76. The van der Waals surface area contributed by atoms with E-state index < -0.39 is 0 Å². The number of pyridine rings is 1. The van der Waals surface area contributed by atoms with Gasteiger partial charge in [-0.25, -0.2) is 9.97 Å². The van der Waals surface area contributed by atoms with Gasteiger partial charge in [-0.2, -0.15) is 0 Å². The van der Waals surface area contributed by atoms with Crippen molar-refractivity contribution < 1.29 is 4.74 Å². The zero-order valence-electron chi connectivity index (χ0n) is 5.74. The van der Waals surface area contributed by atoms with E-state index in [1.807, 2.05) is 0 Å². The molecule has 2 heterocycles. The van der Waals surface area contributed by atoms with Crippen LogP contribution in [0.25, 0.3) is 11.2 Å². The van der Waals surface area contributed by atoms with Gasteiger partial charge >= 0.3 is 0 Å². The Hall–Kier alpha value is -1.58. The molecule has 0 spiro atoms. The Morgan fingerprint density at radius 3 is 3.18 bits per heavy atom. The average Bonchev–Trinajstić information content (AvgIpc) is 2.50. The molecule has 1 N–H and O–H groups in total. The molecule has 2 aromatic rings. The summed E-state index contributed by atoms with van der Waals surface area (Å²) in [6, 6.07) is 1.73. The maximum Gasteiger partial charge on any atom is 0.181 e. The average molecular weight is 148 g/mol. The minimum atomic E-state index is 0.645. The summed E-state index contributed by atoms with van der Waals surface area (Å²) < 4.78 is 4.82. The van der Waals surface area contributed by atoms with Gasteiger partial charge in [-0.3, -0.25) is 0 Å². The first-order valence-electron chi connectivity index (χ1n) is 3.12. The predicted molar refractivity (Wildman–Crippen MR) is 39.9 cm³/mol. The quantitative estimate of drug-likeness (QED) is 0.659. The SMILES string of the molecule is [CH2]Oc1ccnc2nc[nH]c12. The minimum Gasteiger partial charge on any atom is -0.488 e. The molecule has 1 radical (unpaired) electrons. The van der Waals surface area contributed by atoms with Crippen LogP contribution in [0, 0.1) is 7.11 Å². The molecule has 0 aliphatic carbocycles. The number of H-pyrrole nitrogens is 1. The van der Waals surface area contributed by atoms with Crippen molar-refractivity contribution in [1.82, 2.24) is 15.0 Å². The molecular formula is C7H6N3O. The Labute approximate surface area is 63.2 Å². The second-order valence-electron chi connectivity index (χ2n) is 2.05. The molecule has 0 unspecified atom stereocenters. The molecule has 55 valence electrons. The van der Waals surface area contributed by atoms with Gasteiger partial charge in [0.05, 0.1) is 6.33 Å². The maximum atomic E-state index is 4.82. The fourth-order valence-electron chi connectivity index (χ4n) is 0.945. The zero-order chi connectivity index (χ0) is 7.68. The Morgan fingerprint density at radius 1 is 1.45 bits per heavy atom. The summed E-state index contributed by atoms with van der Waals surface area (Å²) in [4.78, 5) is 10.9. The van der Waals surface area contributed by atoms with E-state index in [0.717, 1.165) is 5.52 Å². The molecule has 0 aromatic carbocycles.